The van der Waals surface area contributed by atoms with E-state index in [1.54, 1.807) is 11.9 Å². The number of hydrogen-bond donors (Lipinski definition) is 2. The maximum Gasteiger partial charge on any atom is 0.263 e. The first-order valence-corrected chi connectivity index (χ1v) is 7.17. The highest BCUT2D eigenvalue weighted by Crippen LogP contribution is 2.28. The number of nitrogens with zero attached hydrogens (tertiary/aromatic N) is 1. The molecule has 2 N–H and O–H groups in total. The van der Waals surface area contributed by atoms with Gasteiger partial charge in [0.1, 0.15) is 5.75 Å². The standard InChI is InChI=1S/C15H19N3O3/c1-18-9-10(6-7-14(18)19)17-15(20)13-8-16-11-4-2-3-5-12(11)21-13/h2-5,10,13,16H,6-9H2,1H3,(H,17,20). The minimum atomic E-state index is -0.539. The van der Waals surface area contributed by atoms with E-state index in [4.69, 9.17) is 4.74 Å². The van der Waals surface area contributed by atoms with Crippen molar-refractivity contribution >= 4 is 17.5 Å². The maximum absolute atomic E-state index is 12.3. The molecule has 1 saturated heterocycles. The number of carbonyl (C=O) groups excluding carboxylic acids is 2. The third-order valence-electron chi connectivity index (χ3n) is 3.90. The normalized spacial score (nSPS) is 24.6. The lowest BCUT2D eigenvalue weighted by Gasteiger charge is -2.32. The number of likely N-dealkylation sites (tertiary alicyclic amines) is 1. The number of fused-ring (bicyclic) bond motifs is 1. The summed E-state index contributed by atoms with van der Waals surface area (Å²) in [5.74, 6) is 0.689. The Bertz CT molecular complexity index is 561. The zero-order valence-electron chi connectivity index (χ0n) is 12.0. The van der Waals surface area contributed by atoms with Gasteiger partial charge < -0.3 is 20.3 Å². The second-order valence-electron chi connectivity index (χ2n) is 5.50. The van der Waals surface area contributed by atoms with Gasteiger partial charge in [-0.05, 0) is 18.6 Å². The Balaban J connectivity index is 1.58. The number of anilines is 1. The first-order valence-electron chi connectivity index (χ1n) is 7.17. The molecule has 112 valence electrons. The fraction of sp³-hybridized carbons (Fsp3) is 0.467. The Morgan fingerprint density at radius 2 is 2.24 bits per heavy atom. The Kier molecular flexibility index (Phi) is 3.68. The minimum absolute atomic E-state index is 0.000898. The average molecular weight is 289 g/mol. The summed E-state index contributed by atoms with van der Waals surface area (Å²) in [7, 11) is 1.76. The smallest absolute Gasteiger partial charge is 0.263 e. The van der Waals surface area contributed by atoms with Crippen molar-refractivity contribution in [2.24, 2.45) is 0 Å². The molecule has 1 aromatic rings. The predicted octanol–water partition coefficient (Wildman–Crippen LogP) is 0.597. The van der Waals surface area contributed by atoms with Crippen LogP contribution in [0.1, 0.15) is 12.8 Å². The van der Waals surface area contributed by atoms with Crippen LogP contribution in [0.15, 0.2) is 24.3 Å². The summed E-state index contributed by atoms with van der Waals surface area (Å²) in [4.78, 5) is 25.4. The van der Waals surface area contributed by atoms with Crippen molar-refractivity contribution in [3.8, 4) is 5.75 Å². The SMILES string of the molecule is CN1CC(NC(=O)C2CNc3ccccc3O2)CCC1=O. The monoisotopic (exact) mass is 289 g/mol. The molecule has 2 atom stereocenters. The van der Waals surface area contributed by atoms with Crippen LogP contribution in [-0.4, -0.2) is 49.0 Å². The molecule has 0 bridgehead atoms. The van der Waals surface area contributed by atoms with Crippen LogP contribution in [-0.2, 0) is 9.59 Å². The predicted molar refractivity (Wildman–Crippen MR) is 78.1 cm³/mol. The average Bonchev–Trinajstić information content (AvgIpc) is 2.50. The van der Waals surface area contributed by atoms with Crippen molar-refractivity contribution in [3.63, 3.8) is 0 Å². The molecule has 2 amide bonds. The lowest BCUT2D eigenvalue weighted by atomic mass is 10.1. The molecule has 1 fully saturated rings. The number of rotatable bonds is 2. The van der Waals surface area contributed by atoms with Crippen LogP contribution in [0, 0.1) is 0 Å². The molecule has 21 heavy (non-hydrogen) atoms. The van der Waals surface area contributed by atoms with Crippen molar-refractivity contribution in [1.29, 1.82) is 0 Å². The summed E-state index contributed by atoms with van der Waals surface area (Å²) in [6.45, 7) is 1.01. The van der Waals surface area contributed by atoms with Gasteiger partial charge in [0.05, 0.1) is 12.2 Å². The number of hydrogen-bond acceptors (Lipinski definition) is 4. The van der Waals surface area contributed by atoms with Crippen molar-refractivity contribution in [2.75, 3.05) is 25.5 Å². The van der Waals surface area contributed by atoms with E-state index in [0.717, 1.165) is 5.69 Å². The summed E-state index contributed by atoms with van der Waals surface area (Å²) >= 11 is 0. The lowest BCUT2D eigenvalue weighted by Crippen LogP contribution is -2.53. The van der Waals surface area contributed by atoms with E-state index in [0.29, 0.717) is 31.7 Å². The van der Waals surface area contributed by atoms with E-state index in [1.807, 2.05) is 24.3 Å². The van der Waals surface area contributed by atoms with E-state index < -0.39 is 6.10 Å². The van der Waals surface area contributed by atoms with Gasteiger partial charge in [0.15, 0.2) is 6.10 Å². The van der Waals surface area contributed by atoms with Crippen LogP contribution in [0.25, 0.3) is 0 Å². The Morgan fingerprint density at radius 1 is 1.43 bits per heavy atom. The number of carbonyl (C=O) groups is 2. The molecule has 0 aromatic heterocycles. The summed E-state index contributed by atoms with van der Waals surface area (Å²) in [6, 6.07) is 7.56. The third-order valence-corrected chi connectivity index (χ3v) is 3.90. The molecule has 6 heteroatoms. The molecule has 6 nitrogen and oxygen atoms in total. The molecule has 1 aromatic carbocycles. The van der Waals surface area contributed by atoms with Gasteiger partial charge in [0, 0.05) is 26.1 Å². The maximum atomic E-state index is 12.3. The number of likely N-dealkylation sites (N-methyl/N-ethyl adjacent to an activating group) is 1. The van der Waals surface area contributed by atoms with Crippen LogP contribution in [0.3, 0.4) is 0 Å². The van der Waals surface area contributed by atoms with E-state index in [2.05, 4.69) is 10.6 Å². The van der Waals surface area contributed by atoms with Crippen molar-refractivity contribution < 1.29 is 14.3 Å². The van der Waals surface area contributed by atoms with E-state index in [9.17, 15) is 9.59 Å². The zero-order valence-corrected chi connectivity index (χ0v) is 12.0. The number of amides is 2. The molecule has 2 heterocycles. The highest BCUT2D eigenvalue weighted by molar-refractivity contribution is 5.84. The molecular weight excluding hydrogens is 270 g/mol. The zero-order chi connectivity index (χ0) is 14.8. The molecule has 2 aliphatic rings. The van der Waals surface area contributed by atoms with Gasteiger partial charge in [-0.25, -0.2) is 0 Å². The van der Waals surface area contributed by atoms with Crippen LogP contribution >= 0.6 is 0 Å². The number of nitrogens with one attached hydrogen (secondary N) is 2. The summed E-state index contributed by atoms with van der Waals surface area (Å²) in [5.41, 5.74) is 0.907. The van der Waals surface area contributed by atoms with Crippen LogP contribution < -0.4 is 15.4 Å². The van der Waals surface area contributed by atoms with Crippen molar-refractivity contribution in [1.82, 2.24) is 10.2 Å². The molecule has 0 radical (unpaired) electrons. The summed E-state index contributed by atoms with van der Waals surface area (Å²) < 4.78 is 5.73. The molecular formula is C15H19N3O3. The fourth-order valence-corrected chi connectivity index (χ4v) is 2.68. The fourth-order valence-electron chi connectivity index (χ4n) is 2.68. The Hall–Kier alpha value is -2.24. The van der Waals surface area contributed by atoms with Crippen molar-refractivity contribution in [3.05, 3.63) is 24.3 Å². The van der Waals surface area contributed by atoms with E-state index in [1.165, 1.54) is 0 Å². The van der Waals surface area contributed by atoms with E-state index >= 15 is 0 Å². The molecule has 0 saturated carbocycles. The number of para-hydroxylation sites is 2. The number of ether oxygens (including phenoxy) is 1. The van der Waals surface area contributed by atoms with Gasteiger partial charge in [0.25, 0.3) is 5.91 Å². The molecule has 0 spiro atoms. The molecule has 3 rings (SSSR count). The minimum Gasteiger partial charge on any atom is -0.477 e. The first kappa shape index (κ1) is 13.7. The Labute approximate surface area is 123 Å². The highest BCUT2D eigenvalue weighted by Gasteiger charge is 2.29. The molecule has 2 unspecified atom stereocenters. The highest BCUT2D eigenvalue weighted by atomic mass is 16.5. The molecule has 2 aliphatic heterocycles. The van der Waals surface area contributed by atoms with Gasteiger partial charge in [0.2, 0.25) is 5.91 Å². The largest absolute Gasteiger partial charge is 0.477 e. The van der Waals surface area contributed by atoms with E-state index in [-0.39, 0.29) is 17.9 Å². The lowest BCUT2D eigenvalue weighted by molar-refractivity contribution is -0.135. The van der Waals surface area contributed by atoms with Gasteiger partial charge in [-0.3, -0.25) is 9.59 Å². The quantitative estimate of drug-likeness (QED) is 0.836. The topological polar surface area (TPSA) is 70.7 Å². The van der Waals surface area contributed by atoms with Gasteiger partial charge in [-0.15, -0.1) is 0 Å². The summed E-state index contributed by atoms with van der Waals surface area (Å²) in [5, 5.41) is 6.17. The second kappa shape index (κ2) is 5.63. The van der Waals surface area contributed by atoms with Crippen molar-refractivity contribution in [2.45, 2.75) is 25.0 Å². The third kappa shape index (κ3) is 2.94. The number of benzene rings is 1. The summed E-state index contributed by atoms with van der Waals surface area (Å²) in [6.07, 6.45) is 0.627. The number of piperidine rings is 1. The van der Waals surface area contributed by atoms with Gasteiger partial charge >= 0.3 is 0 Å². The second-order valence-corrected chi connectivity index (χ2v) is 5.50. The molecule has 0 aliphatic carbocycles. The van der Waals surface area contributed by atoms with Gasteiger partial charge in [-0.1, -0.05) is 12.1 Å². The van der Waals surface area contributed by atoms with Crippen LogP contribution in [0.2, 0.25) is 0 Å². The first-order chi connectivity index (χ1) is 10.1. The van der Waals surface area contributed by atoms with Crippen LogP contribution in [0.4, 0.5) is 5.69 Å². The Morgan fingerprint density at radius 3 is 3.05 bits per heavy atom. The van der Waals surface area contributed by atoms with Gasteiger partial charge in [-0.2, -0.15) is 0 Å². The van der Waals surface area contributed by atoms with Crippen LogP contribution in [0.5, 0.6) is 5.75 Å².